The Labute approximate surface area is 112 Å². The molecule has 2 heterocycles. The standard InChI is InChI=1S/C12H8ClN3OS/c13-12-15-8-4-3-7(6-9(8)16-12)14-11(17)10-2-1-5-18-10/h1-6H,(H,14,17)(H,15,16). The number of hydrogen-bond acceptors (Lipinski definition) is 3. The van der Waals surface area contributed by atoms with Crippen LogP contribution in [0.4, 0.5) is 5.69 Å². The summed E-state index contributed by atoms with van der Waals surface area (Å²) in [6.07, 6.45) is 0. The lowest BCUT2D eigenvalue weighted by Crippen LogP contribution is -2.09. The average molecular weight is 278 g/mol. The number of aromatic nitrogens is 2. The summed E-state index contributed by atoms with van der Waals surface area (Å²) in [7, 11) is 0. The van der Waals surface area contributed by atoms with Gasteiger partial charge in [0.1, 0.15) is 0 Å². The zero-order valence-electron chi connectivity index (χ0n) is 9.11. The number of fused-ring (bicyclic) bond motifs is 1. The Morgan fingerprint density at radius 2 is 2.28 bits per heavy atom. The molecule has 0 aliphatic rings. The fourth-order valence-corrected chi connectivity index (χ4v) is 2.47. The van der Waals surface area contributed by atoms with Gasteiger partial charge in [-0.25, -0.2) is 4.98 Å². The molecule has 0 aliphatic heterocycles. The second-order valence-electron chi connectivity index (χ2n) is 3.69. The highest BCUT2D eigenvalue weighted by atomic mass is 35.5. The zero-order valence-corrected chi connectivity index (χ0v) is 10.7. The minimum Gasteiger partial charge on any atom is -0.329 e. The third kappa shape index (κ3) is 2.10. The first-order chi connectivity index (χ1) is 8.72. The molecule has 1 amide bonds. The number of rotatable bonds is 2. The van der Waals surface area contributed by atoms with E-state index < -0.39 is 0 Å². The van der Waals surface area contributed by atoms with Gasteiger partial charge < -0.3 is 10.3 Å². The van der Waals surface area contributed by atoms with Crippen molar-refractivity contribution in [2.45, 2.75) is 0 Å². The maximum atomic E-state index is 11.9. The van der Waals surface area contributed by atoms with Crippen LogP contribution < -0.4 is 5.32 Å². The quantitative estimate of drug-likeness (QED) is 0.753. The molecule has 3 aromatic rings. The SMILES string of the molecule is O=C(Nc1ccc2nc(Cl)[nH]c2c1)c1cccs1. The summed E-state index contributed by atoms with van der Waals surface area (Å²) in [5, 5.41) is 5.03. The third-order valence-corrected chi connectivity index (χ3v) is 3.50. The Morgan fingerprint density at radius 3 is 3.06 bits per heavy atom. The molecule has 90 valence electrons. The van der Waals surface area contributed by atoms with Crippen LogP contribution in [-0.2, 0) is 0 Å². The van der Waals surface area contributed by atoms with Crippen molar-refractivity contribution in [3.05, 3.63) is 45.9 Å². The van der Waals surface area contributed by atoms with Crippen molar-refractivity contribution in [3.63, 3.8) is 0 Å². The van der Waals surface area contributed by atoms with Gasteiger partial charge in [-0.15, -0.1) is 11.3 Å². The van der Waals surface area contributed by atoms with Crippen LogP contribution in [0.25, 0.3) is 11.0 Å². The summed E-state index contributed by atoms with van der Waals surface area (Å²) >= 11 is 7.17. The molecule has 0 bridgehead atoms. The topological polar surface area (TPSA) is 57.8 Å². The Kier molecular flexibility index (Phi) is 2.77. The molecule has 6 heteroatoms. The monoisotopic (exact) mass is 277 g/mol. The molecule has 0 radical (unpaired) electrons. The van der Waals surface area contributed by atoms with E-state index in [-0.39, 0.29) is 5.91 Å². The van der Waals surface area contributed by atoms with Crippen LogP contribution >= 0.6 is 22.9 Å². The van der Waals surface area contributed by atoms with Gasteiger partial charge in [-0.2, -0.15) is 0 Å². The second-order valence-corrected chi connectivity index (χ2v) is 5.00. The van der Waals surface area contributed by atoms with E-state index in [0.29, 0.717) is 15.8 Å². The number of benzene rings is 1. The minimum atomic E-state index is -0.116. The second kappa shape index (κ2) is 4.44. The number of amides is 1. The van der Waals surface area contributed by atoms with Gasteiger partial charge in [0.15, 0.2) is 0 Å². The summed E-state index contributed by atoms with van der Waals surface area (Å²) in [5.74, 6) is -0.116. The zero-order chi connectivity index (χ0) is 12.5. The van der Waals surface area contributed by atoms with Crippen LogP contribution in [0.1, 0.15) is 9.67 Å². The van der Waals surface area contributed by atoms with E-state index in [4.69, 9.17) is 11.6 Å². The molecule has 1 aromatic carbocycles. The molecule has 0 unspecified atom stereocenters. The highest BCUT2D eigenvalue weighted by Gasteiger charge is 2.08. The maximum absolute atomic E-state index is 11.9. The number of anilines is 1. The van der Waals surface area contributed by atoms with Crippen LogP contribution in [0, 0.1) is 0 Å². The van der Waals surface area contributed by atoms with Gasteiger partial charge in [0.05, 0.1) is 15.9 Å². The van der Waals surface area contributed by atoms with Gasteiger partial charge >= 0.3 is 0 Å². The molecule has 0 spiro atoms. The number of H-pyrrole nitrogens is 1. The summed E-state index contributed by atoms with van der Waals surface area (Å²) < 4.78 is 0. The van der Waals surface area contributed by atoms with Crippen LogP contribution in [0.15, 0.2) is 35.7 Å². The number of nitrogens with one attached hydrogen (secondary N) is 2. The Bertz CT molecular complexity index is 705. The van der Waals surface area contributed by atoms with Gasteiger partial charge in [0.25, 0.3) is 5.91 Å². The first-order valence-electron chi connectivity index (χ1n) is 5.22. The average Bonchev–Trinajstić information content (AvgIpc) is 2.95. The molecule has 2 N–H and O–H groups in total. The Balaban J connectivity index is 1.88. The van der Waals surface area contributed by atoms with E-state index in [2.05, 4.69) is 15.3 Å². The number of imidazole rings is 1. The van der Waals surface area contributed by atoms with E-state index in [9.17, 15) is 4.79 Å². The number of nitrogens with zero attached hydrogens (tertiary/aromatic N) is 1. The molecule has 4 nitrogen and oxygen atoms in total. The fourth-order valence-electron chi connectivity index (χ4n) is 1.66. The molecule has 0 saturated heterocycles. The smallest absolute Gasteiger partial charge is 0.265 e. The van der Waals surface area contributed by atoms with E-state index in [1.807, 2.05) is 17.5 Å². The van der Waals surface area contributed by atoms with Gasteiger partial charge in [-0.1, -0.05) is 6.07 Å². The highest BCUT2D eigenvalue weighted by molar-refractivity contribution is 7.12. The summed E-state index contributed by atoms with van der Waals surface area (Å²) in [6, 6.07) is 9.04. The molecule has 0 atom stereocenters. The number of hydrogen-bond donors (Lipinski definition) is 2. The molecule has 0 saturated carbocycles. The van der Waals surface area contributed by atoms with Crippen molar-refractivity contribution in [1.82, 2.24) is 9.97 Å². The predicted molar refractivity (Wildman–Crippen MR) is 73.4 cm³/mol. The van der Waals surface area contributed by atoms with Crippen molar-refractivity contribution >= 4 is 45.6 Å². The van der Waals surface area contributed by atoms with Crippen LogP contribution in [0.2, 0.25) is 5.28 Å². The number of aromatic amines is 1. The van der Waals surface area contributed by atoms with Crippen LogP contribution in [0.5, 0.6) is 0 Å². The van der Waals surface area contributed by atoms with E-state index in [1.165, 1.54) is 11.3 Å². The van der Waals surface area contributed by atoms with E-state index in [0.717, 1.165) is 11.0 Å². The molecule has 2 aromatic heterocycles. The molecule has 3 rings (SSSR count). The molecule has 0 fully saturated rings. The van der Waals surface area contributed by atoms with Crippen molar-refractivity contribution < 1.29 is 4.79 Å². The maximum Gasteiger partial charge on any atom is 0.265 e. The number of halogens is 1. The number of carbonyl (C=O) groups excluding carboxylic acids is 1. The van der Waals surface area contributed by atoms with Crippen molar-refractivity contribution in [2.24, 2.45) is 0 Å². The summed E-state index contributed by atoms with van der Waals surface area (Å²) in [5.41, 5.74) is 2.28. The predicted octanol–water partition coefficient (Wildman–Crippen LogP) is 3.53. The molecular formula is C12H8ClN3OS. The summed E-state index contributed by atoms with van der Waals surface area (Å²) in [4.78, 5) is 19.5. The normalized spacial score (nSPS) is 10.7. The van der Waals surface area contributed by atoms with Crippen LogP contribution in [0.3, 0.4) is 0 Å². The van der Waals surface area contributed by atoms with Crippen molar-refractivity contribution in [3.8, 4) is 0 Å². The first-order valence-corrected chi connectivity index (χ1v) is 6.48. The fraction of sp³-hybridized carbons (Fsp3) is 0. The molecule has 0 aliphatic carbocycles. The summed E-state index contributed by atoms with van der Waals surface area (Å²) in [6.45, 7) is 0. The largest absolute Gasteiger partial charge is 0.329 e. The highest BCUT2D eigenvalue weighted by Crippen LogP contribution is 2.20. The van der Waals surface area contributed by atoms with Gasteiger partial charge in [-0.05, 0) is 41.2 Å². The van der Waals surface area contributed by atoms with Crippen molar-refractivity contribution in [1.29, 1.82) is 0 Å². The lowest BCUT2D eigenvalue weighted by molar-refractivity contribution is 0.103. The van der Waals surface area contributed by atoms with Gasteiger partial charge in [-0.3, -0.25) is 4.79 Å². The number of thiophene rings is 1. The third-order valence-electron chi connectivity index (χ3n) is 2.46. The van der Waals surface area contributed by atoms with Gasteiger partial charge in [0, 0.05) is 5.69 Å². The minimum absolute atomic E-state index is 0.116. The van der Waals surface area contributed by atoms with Gasteiger partial charge in [0.2, 0.25) is 5.28 Å². The number of carbonyl (C=O) groups is 1. The first kappa shape index (κ1) is 11.3. The lowest BCUT2D eigenvalue weighted by atomic mass is 10.2. The molecule has 18 heavy (non-hydrogen) atoms. The molecular weight excluding hydrogens is 270 g/mol. The Hall–Kier alpha value is -1.85. The van der Waals surface area contributed by atoms with Crippen LogP contribution in [-0.4, -0.2) is 15.9 Å². The van der Waals surface area contributed by atoms with E-state index >= 15 is 0 Å². The lowest BCUT2D eigenvalue weighted by Gasteiger charge is -2.02. The van der Waals surface area contributed by atoms with E-state index in [1.54, 1.807) is 18.2 Å². The Morgan fingerprint density at radius 1 is 1.39 bits per heavy atom. The van der Waals surface area contributed by atoms with Crippen molar-refractivity contribution in [2.75, 3.05) is 5.32 Å².